The summed E-state index contributed by atoms with van der Waals surface area (Å²) in [5.74, 6) is 1.07. The van der Waals surface area contributed by atoms with E-state index >= 15 is 0 Å². The Balaban J connectivity index is 2.12. The van der Waals surface area contributed by atoms with Crippen molar-refractivity contribution in [1.82, 2.24) is 5.32 Å². The molecule has 1 amide bonds. The molecular weight excluding hydrogens is 216 g/mol. The van der Waals surface area contributed by atoms with Crippen LogP contribution in [-0.2, 0) is 0 Å². The zero-order chi connectivity index (χ0) is 12.3. The largest absolute Gasteiger partial charge is 0.493 e. The molecule has 1 aromatic rings. The molecular formula is C13H18N2O2. The Morgan fingerprint density at radius 2 is 2.29 bits per heavy atom. The smallest absolute Gasteiger partial charge is 0.257 e. The first-order valence-electron chi connectivity index (χ1n) is 6.02. The number of carbonyl (C=O) groups is 1. The van der Waals surface area contributed by atoms with E-state index < -0.39 is 0 Å². The normalized spacial score (nSPS) is 14.4. The van der Waals surface area contributed by atoms with E-state index in [4.69, 9.17) is 10.5 Å². The monoisotopic (exact) mass is 234 g/mol. The van der Waals surface area contributed by atoms with Gasteiger partial charge in [-0.25, -0.2) is 0 Å². The number of benzene rings is 1. The van der Waals surface area contributed by atoms with Gasteiger partial charge >= 0.3 is 0 Å². The number of amides is 1. The lowest BCUT2D eigenvalue weighted by molar-refractivity contribution is 0.0949. The Morgan fingerprint density at radius 1 is 1.53 bits per heavy atom. The fraction of sp³-hybridized carbons (Fsp3) is 0.462. The SMILES string of the molecule is CCOc1cccc(N)c1C(=O)NCC1CC1. The quantitative estimate of drug-likeness (QED) is 0.764. The Bertz CT molecular complexity index is 414. The maximum Gasteiger partial charge on any atom is 0.257 e. The van der Waals surface area contributed by atoms with Gasteiger partial charge in [-0.1, -0.05) is 6.07 Å². The number of nitrogens with two attached hydrogens (primary N) is 1. The number of rotatable bonds is 5. The Kier molecular flexibility index (Phi) is 3.52. The standard InChI is InChI=1S/C13H18N2O2/c1-2-17-11-5-3-4-10(14)12(11)13(16)15-8-9-6-7-9/h3-5,9H,2,6-8,14H2,1H3,(H,15,16). The highest BCUT2D eigenvalue weighted by molar-refractivity contribution is 6.01. The number of anilines is 1. The van der Waals surface area contributed by atoms with E-state index in [1.54, 1.807) is 18.2 Å². The van der Waals surface area contributed by atoms with Crippen molar-refractivity contribution in [3.63, 3.8) is 0 Å². The highest BCUT2D eigenvalue weighted by Crippen LogP contribution is 2.28. The van der Waals surface area contributed by atoms with Gasteiger partial charge in [0.1, 0.15) is 11.3 Å². The minimum absolute atomic E-state index is 0.140. The second kappa shape index (κ2) is 5.08. The van der Waals surface area contributed by atoms with Gasteiger partial charge in [0, 0.05) is 12.2 Å². The molecule has 0 bridgehead atoms. The maximum absolute atomic E-state index is 12.0. The number of nitrogens with one attached hydrogen (secondary N) is 1. The molecule has 92 valence electrons. The second-order valence-electron chi connectivity index (χ2n) is 4.31. The van der Waals surface area contributed by atoms with Crippen molar-refractivity contribution in [2.75, 3.05) is 18.9 Å². The summed E-state index contributed by atoms with van der Waals surface area (Å²) >= 11 is 0. The van der Waals surface area contributed by atoms with Crippen molar-refractivity contribution >= 4 is 11.6 Å². The third-order valence-electron chi connectivity index (χ3n) is 2.83. The van der Waals surface area contributed by atoms with E-state index in [9.17, 15) is 4.79 Å². The lowest BCUT2D eigenvalue weighted by atomic mass is 10.1. The van der Waals surface area contributed by atoms with Crippen LogP contribution in [0.3, 0.4) is 0 Å². The van der Waals surface area contributed by atoms with Crippen molar-refractivity contribution in [2.24, 2.45) is 5.92 Å². The van der Waals surface area contributed by atoms with Crippen molar-refractivity contribution in [3.8, 4) is 5.75 Å². The van der Waals surface area contributed by atoms with E-state index in [1.807, 2.05) is 6.92 Å². The van der Waals surface area contributed by atoms with Crippen LogP contribution in [0.1, 0.15) is 30.1 Å². The van der Waals surface area contributed by atoms with Crippen molar-refractivity contribution in [3.05, 3.63) is 23.8 Å². The Morgan fingerprint density at radius 3 is 2.94 bits per heavy atom. The summed E-state index contributed by atoms with van der Waals surface area (Å²) in [4.78, 5) is 12.0. The molecule has 0 spiro atoms. The number of ether oxygens (including phenoxy) is 1. The zero-order valence-corrected chi connectivity index (χ0v) is 10.0. The molecule has 0 radical (unpaired) electrons. The Hall–Kier alpha value is -1.71. The van der Waals surface area contributed by atoms with Crippen molar-refractivity contribution < 1.29 is 9.53 Å². The topological polar surface area (TPSA) is 64.3 Å². The van der Waals surface area contributed by atoms with Crippen molar-refractivity contribution in [1.29, 1.82) is 0 Å². The van der Waals surface area contributed by atoms with Crippen LogP contribution >= 0.6 is 0 Å². The summed E-state index contributed by atoms with van der Waals surface area (Å²) in [6.07, 6.45) is 2.42. The fourth-order valence-electron chi connectivity index (χ4n) is 1.71. The van der Waals surface area contributed by atoms with Gasteiger partial charge in [-0.2, -0.15) is 0 Å². The van der Waals surface area contributed by atoms with Gasteiger partial charge in [-0.3, -0.25) is 4.79 Å². The molecule has 1 aliphatic rings. The molecule has 2 rings (SSSR count). The second-order valence-corrected chi connectivity index (χ2v) is 4.31. The molecule has 1 fully saturated rings. The molecule has 1 saturated carbocycles. The number of nitrogen functional groups attached to an aromatic ring is 1. The lowest BCUT2D eigenvalue weighted by Crippen LogP contribution is -2.27. The zero-order valence-electron chi connectivity index (χ0n) is 10.0. The van der Waals surface area contributed by atoms with Gasteiger partial charge in [-0.15, -0.1) is 0 Å². The summed E-state index contributed by atoms with van der Waals surface area (Å²) in [7, 11) is 0. The molecule has 17 heavy (non-hydrogen) atoms. The first-order valence-corrected chi connectivity index (χ1v) is 6.02. The molecule has 0 atom stereocenters. The van der Waals surface area contributed by atoms with Crippen LogP contribution in [0, 0.1) is 5.92 Å². The van der Waals surface area contributed by atoms with E-state index in [-0.39, 0.29) is 5.91 Å². The number of hydrogen-bond acceptors (Lipinski definition) is 3. The van der Waals surface area contributed by atoms with Crippen LogP contribution in [0.15, 0.2) is 18.2 Å². The van der Waals surface area contributed by atoms with Crippen LogP contribution in [0.4, 0.5) is 5.69 Å². The first kappa shape index (κ1) is 11.8. The average Bonchev–Trinajstić information content (AvgIpc) is 3.10. The molecule has 4 heteroatoms. The van der Waals surface area contributed by atoms with Crippen LogP contribution in [0.2, 0.25) is 0 Å². The average molecular weight is 234 g/mol. The van der Waals surface area contributed by atoms with E-state index in [0.29, 0.717) is 29.5 Å². The molecule has 3 N–H and O–H groups in total. The summed E-state index contributed by atoms with van der Waals surface area (Å²) < 4.78 is 5.42. The van der Waals surface area contributed by atoms with Crippen molar-refractivity contribution in [2.45, 2.75) is 19.8 Å². The molecule has 0 unspecified atom stereocenters. The predicted molar refractivity (Wildman–Crippen MR) is 67.1 cm³/mol. The molecule has 4 nitrogen and oxygen atoms in total. The van der Waals surface area contributed by atoms with E-state index in [0.717, 1.165) is 6.54 Å². The van der Waals surface area contributed by atoms with Gasteiger partial charge in [-0.05, 0) is 37.8 Å². The molecule has 0 aliphatic heterocycles. The third-order valence-corrected chi connectivity index (χ3v) is 2.83. The number of hydrogen-bond donors (Lipinski definition) is 2. The van der Waals surface area contributed by atoms with Crippen LogP contribution in [0.5, 0.6) is 5.75 Å². The van der Waals surface area contributed by atoms with Gasteiger partial charge in [0.25, 0.3) is 5.91 Å². The van der Waals surface area contributed by atoms with Gasteiger partial charge in [0.05, 0.1) is 6.61 Å². The van der Waals surface area contributed by atoms with Crippen LogP contribution in [-0.4, -0.2) is 19.1 Å². The van der Waals surface area contributed by atoms with Crippen LogP contribution < -0.4 is 15.8 Å². The summed E-state index contributed by atoms with van der Waals surface area (Å²) in [5.41, 5.74) is 6.75. The summed E-state index contributed by atoms with van der Waals surface area (Å²) in [6.45, 7) is 3.14. The molecule has 0 heterocycles. The van der Waals surface area contributed by atoms with Crippen LogP contribution in [0.25, 0.3) is 0 Å². The number of carbonyl (C=O) groups excluding carboxylic acids is 1. The highest BCUT2D eigenvalue weighted by atomic mass is 16.5. The minimum Gasteiger partial charge on any atom is -0.493 e. The summed E-state index contributed by atoms with van der Waals surface area (Å²) in [6, 6.07) is 5.28. The highest BCUT2D eigenvalue weighted by Gasteiger charge is 2.23. The lowest BCUT2D eigenvalue weighted by Gasteiger charge is -2.12. The van der Waals surface area contributed by atoms with Gasteiger partial charge < -0.3 is 15.8 Å². The van der Waals surface area contributed by atoms with Gasteiger partial charge in [0.2, 0.25) is 0 Å². The molecule has 1 aromatic carbocycles. The van der Waals surface area contributed by atoms with E-state index in [1.165, 1.54) is 12.8 Å². The van der Waals surface area contributed by atoms with Gasteiger partial charge in [0.15, 0.2) is 0 Å². The predicted octanol–water partition coefficient (Wildman–Crippen LogP) is 1.81. The fourth-order valence-corrected chi connectivity index (χ4v) is 1.71. The molecule has 0 saturated heterocycles. The maximum atomic E-state index is 12.0. The first-order chi connectivity index (χ1) is 8.22. The minimum atomic E-state index is -0.140. The summed E-state index contributed by atoms with van der Waals surface area (Å²) in [5, 5.41) is 2.90. The van der Waals surface area contributed by atoms with E-state index in [2.05, 4.69) is 5.32 Å². The molecule has 0 aromatic heterocycles. The third kappa shape index (κ3) is 2.90. The molecule has 1 aliphatic carbocycles. The Labute approximate surface area is 101 Å².